The fourth-order valence-corrected chi connectivity index (χ4v) is 2.21. The van der Waals surface area contributed by atoms with E-state index >= 15 is 0 Å². The number of hydrogen-bond acceptors (Lipinski definition) is 2. The van der Waals surface area contributed by atoms with Crippen LogP contribution in [0.25, 0.3) is 0 Å². The van der Waals surface area contributed by atoms with Crippen molar-refractivity contribution in [1.82, 2.24) is 4.90 Å². The van der Waals surface area contributed by atoms with Crippen LogP contribution >= 0.6 is 0 Å². The van der Waals surface area contributed by atoms with Gasteiger partial charge in [0.2, 0.25) is 5.91 Å². The van der Waals surface area contributed by atoms with Gasteiger partial charge in [0.25, 0.3) is 0 Å². The normalized spacial score (nSPS) is 16.9. The molecule has 0 aromatic heterocycles. The second kappa shape index (κ2) is 5.38. The second-order valence-corrected chi connectivity index (χ2v) is 5.03. The maximum Gasteiger partial charge on any atom is 0.226 e. The van der Waals surface area contributed by atoms with Crippen LogP contribution < -0.4 is 0 Å². The van der Waals surface area contributed by atoms with Crippen LogP contribution in [0, 0.1) is 11.7 Å². The zero-order valence-corrected chi connectivity index (χ0v) is 10.5. The molecule has 1 saturated heterocycles. The van der Waals surface area contributed by atoms with Gasteiger partial charge in [0.1, 0.15) is 0 Å². The van der Waals surface area contributed by atoms with Gasteiger partial charge in [-0.05, 0) is 36.5 Å². The molecule has 1 aliphatic rings. The maximum absolute atomic E-state index is 12.9. The number of phenolic OH excluding ortho intramolecular Hbond substituents is 1. The lowest BCUT2D eigenvalue weighted by Crippen LogP contribution is -2.38. The van der Waals surface area contributed by atoms with E-state index in [1.54, 1.807) is 6.07 Å². The van der Waals surface area contributed by atoms with Gasteiger partial charge in [0, 0.05) is 13.1 Å². The Morgan fingerprint density at radius 3 is 2.72 bits per heavy atom. The Bertz CT molecular complexity index is 439. The lowest BCUT2D eigenvalue weighted by Gasteiger charge is -2.30. The molecule has 1 amide bonds. The molecule has 0 radical (unpaired) electrons. The van der Waals surface area contributed by atoms with Crippen molar-refractivity contribution >= 4 is 5.91 Å². The summed E-state index contributed by atoms with van der Waals surface area (Å²) >= 11 is 0. The number of piperidine rings is 1. The Morgan fingerprint density at radius 1 is 1.44 bits per heavy atom. The first-order chi connectivity index (χ1) is 8.56. The van der Waals surface area contributed by atoms with E-state index in [2.05, 4.69) is 6.92 Å². The molecule has 0 spiro atoms. The van der Waals surface area contributed by atoms with E-state index in [1.807, 2.05) is 4.90 Å². The van der Waals surface area contributed by atoms with Gasteiger partial charge >= 0.3 is 0 Å². The predicted molar refractivity (Wildman–Crippen MR) is 66.7 cm³/mol. The molecule has 1 aromatic rings. The van der Waals surface area contributed by atoms with Crippen LogP contribution in [0.3, 0.4) is 0 Å². The average molecular weight is 251 g/mol. The van der Waals surface area contributed by atoms with Crippen molar-refractivity contribution in [2.24, 2.45) is 5.92 Å². The smallest absolute Gasteiger partial charge is 0.226 e. The standard InChI is InChI=1S/C14H18FNO2/c1-10-4-6-16(7-5-10)14(18)9-11-2-3-12(15)13(17)8-11/h2-3,8,10,17H,4-7,9H2,1H3. The van der Waals surface area contributed by atoms with Crippen molar-refractivity contribution in [2.45, 2.75) is 26.2 Å². The molecule has 1 aromatic carbocycles. The van der Waals surface area contributed by atoms with Crippen molar-refractivity contribution in [3.05, 3.63) is 29.6 Å². The maximum atomic E-state index is 12.9. The van der Waals surface area contributed by atoms with Gasteiger partial charge in [-0.25, -0.2) is 4.39 Å². The molecular weight excluding hydrogens is 233 g/mol. The number of phenols is 1. The molecule has 3 nitrogen and oxygen atoms in total. The molecule has 0 aliphatic carbocycles. The number of amides is 1. The number of rotatable bonds is 2. The third-order valence-corrected chi connectivity index (χ3v) is 3.50. The zero-order chi connectivity index (χ0) is 13.1. The first-order valence-electron chi connectivity index (χ1n) is 6.31. The zero-order valence-electron chi connectivity index (χ0n) is 10.5. The third kappa shape index (κ3) is 3.00. The summed E-state index contributed by atoms with van der Waals surface area (Å²) in [6.45, 7) is 3.79. The number of halogens is 1. The van der Waals surface area contributed by atoms with Gasteiger partial charge in [-0.2, -0.15) is 0 Å². The topological polar surface area (TPSA) is 40.5 Å². The summed E-state index contributed by atoms with van der Waals surface area (Å²) in [5.41, 5.74) is 0.650. The largest absolute Gasteiger partial charge is 0.505 e. The van der Waals surface area contributed by atoms with Crippen molar-refractivity contribution < 1.29 is 14.3 Å². The Morgan fingerprint density at radius 2 is 2.11 bits per heavy atom. The van der Waals surface area contributed by atoms with Crippen molar-refractivity contribution in [1.29, 1.82) is 0 Å². The molecule has 1 aliphatic heterocycles. The fourth-order valence-electron chi connectivity index (χ4n) is 2.21. The van der Waals surface area contributed by atoms with Crippen molar-refractivity contribution in [2.75, 3.05) is 13.1 Å². The summed E-state index contributed by atoms with van der Waals surface area (Å²) in [7, 11) is 0. The number of carbonyl (C=O) groups excluding carboxylic acids is 1. The van der Waals surface area contributed by atoms with E-state index in [9.17, 15) is 14.3 Å². The molecule has 18 heavy (non-hydrogen) atoms. The number of benzene rings is 1. The Kier molecular flexibility index (Phi) is 3.84. The molecule has 4 heteroatoms. The van der Waals surface area contributed by atoms with Crippen LogP contribution in [0.15, 0.2) is 18.2 Å². The van der Waals surface area contributed by atoms with Crippen LogP contribution in [-0.2, 0) is 11.2 Å². The fraction of sp³-hybridized carbons (Fsp3) is 0.500. The monoisotopic (exact) mass is 251 g/mol. The highest BCUT2D eigenvalue weighted by Crippen LogP contribution is 2.19. The van der Waals surface area contributed by atoms with Crippen LogP contribution in [0.1, 0.15) is 25.3 Å². The van der Waals surface area contributed by atoms with Crippen LogP contribution in [-0.4, -0.2) is 29.0 Å². The molecule has 2 rings (SSSR count). The first-order valence-corrected chi connectivity index (χ1v) is 6.31. The summed E-state index contributed by atoms with van der Waals surface area (Å²) in [5, 5.41) is 9.26. The van der Waals surface area contributed by atoms with E-state index in [1.165, 1.54) is 12.1 Å². The third-order valence-electron chi connectivity index (χ3n) is 3.50. The molecular formula is C14H18FNO2. The SMILES string of the molecule is CC1CCN(C(=O)Cc2ccc(F)c(O)c2)CC1. The minimum absolute atomic E-state index is 0.0490. The van der Waals surface area contributed by atoms with E-state index < -0.39 is 11.6 Å². The minimum atomic E-state index is -0.655. The van der Waals surface area contributed by atoms with Crippen LogP contribution in [0.5, 0.6) is 5.75 Å². The van der Waals surface area contributed by atoms with Gasteiger partial charge in [-0.1, -0.05) is 13.0 Å². The quantitative estimate of drug-likeness (QED) is 0.876. The lowest BCUT2D eigenvalue weighted by molar-refractivity contribution is -0.131. The van der Waals surface area contributed by atoms with Gasteiger partial charge in [-0.15, -0.1) is 0 Å². The minimum Gasteiger partial charge on any atom is -0.505 e. The first kappa shape index (κ1) is 12.9. The van der Waals surface area contributed by atoms with Crippen LogP contribution in [0.4, 0.5) is 4.39 Å². The summed E-state index contributed by atoms with van der Waals surface area (Å²) in [4.78, 5) is 13.9. The number of hydrogen-bond donors (Lipinski definition) is 1. The van der Waals surface area contributed by atoms with E-state index in [-0.39, 0.29) is 12.3 Å². The molecule has 1 heterocycles. The molecule has 98 valence electrons. The number of carbonyl (C=O) groups is 1. The second-order valence-electron chi connectivity index (χ2n) is 5.03. The van der Waals surface area contributed by atoms with Gasteiger partial charge < -0.3 is 10.0 Å². The van der Waals surface area contributed by atoms with Gasteiger partial charge in [-0.3, -0.25) is 4.79 Å². The molecule has 0 unspecified atom stereocenters. The highest BCUT2D eigenvalue weighted by Gasteiger charge is 2.20. The number of nitrogens with zero attached hydrogens (tertiary/aromatic N) is 1. The summed E-state index contributed by atoms with van der Waals surface area (Å²) < 4.78 is 12.9. The highest BCUT2D eigenvalue weighted by molar-refractivity contribution is 5.79. The molecule has 1 fully saturated rings. The van der Waals surface area contributed by atoms with Gasteiger partial charge in [0.15, 0.2) is 11.6 Å². The highest BCUT2D eigenvalue weighted by atomic mass is 19.1. The molecule has 1 N–H and O–H groups in total. The summed E-state index contributed by atoms with van der Waals surface area (Å²) in [5.74, 6) is -0.317. The summed E-state index contributed by atoms with van der Waals surface area (Å²) in [6, 6.07) is 4.05. The van der Waals surface area contributed by atoms with Crippen molar-refractivity contribution in [3.8, 4) is 5.75 Å². The van der Waals surface area contributed by atoms with Crippen molar-refractivity contribution in [3.63, 3.8) is 0 Å². The van der Waals surface area contributed by atoms with E-state index in [4.69, 9.17) is 0 Å². The average Bonchev–Trinajstić information content (AvgIpc) is 2.34. The number of likely N-dealkylation sites (tertiary alicyclic amines) is 1. The number of aromatic hydroxyl groups is 1. The Hall–Kier alpha value is -1.58. The lowest BCUT2D eigenvalue weighted by atomic mass is 9.98. The predicted octanol–water partition coefficient (Wildman–Crippen LogP) is 2.33. The molecule has 0 saturated carbocycles. The van der Waals surface area contributed by atoms with Gasteiger partial charge in [0.05, 0.1) is 6.42 Å². The summed E-state index contributed by atoms with van der Waals surface area (Å²) in [6.07, 6.45) is 2.31. The Balaban J connectivity index is 1.96. The Labute approximate surface area is 106 Å². The molecule has 0 bridgehead atoms. The van der Waals surface area contributed by atoms with Crippen LogP contribution in [0.2, 0.25) is 0 Å². The molecule has 0 atom stereocenters. The van der Waals surface area contributed by atoms with E-state index in [0.717, 1.165) is 25.9 Å². The van der Waals surface area contributed by atoms with E-state index in [0.29, 0.717) is 11.5 Å².